The average Bonchev–Trinajstić information content (AvgIpc) is 2.05. The maximum atomic E-state index is 11.4. The molecule has 0 saturated heterocycles. The van der Waals surface area contributed by atoms with Crippen LogP contribution in [0.5, 0.6) is 0 Å². The van der Waals surface area contributed by atoms with Crippen molar-refractivity contribution in [2.75, 3.05) is 0 Å². The molecule has 0 bridgehead atoms. The van der Waals surface area contributed by atoms with Crippen LogP contribution in [0, 0.1) is 16.7 Å². The number of rotatable bonds is 2. The highest BCUT2D eigenvalue weighted by Gasteiger charge is 2.51. The zero-order valence-electron chi connectivity index (χ0n) is 9.88. The first kappa shape index (κ1) is 11.0. The van der Waals surface area contributed by atoms with Crippen molar-refractivity contribution in [3.05, 3.63) is 0 Å². The maximum absolute atomic E-state index is 11.4. The molecule has 0 heterocycles. The number of carbonyl (C=O) groups is 1. The SMILES string of the molecule is CC1(C)CCC(C2(C(=O)O)CCC2)CC1. The zero-order valence-corrected chi connectivity index (χ0v) is 9.88. The van der Waals surface area contributed by atoms with Gasteiger partial charge in [-0.3, -0.25) is 4.79 Å². The van der Waals surface area contributed by atoms with Crippen LogP contribution >= 0.6 is 0 Å². The van der Waals surface area contributed by atoms with Crippen molar-refractivity contribution in [1.29, 1.82) is 0 Å². The minimum atomic E-state index is -0.529. The summed E-state index contributed by atoms with van der Waals surface area (Å²) in [6.45, 7) is 4.61. The molecule has 1 N–H and O–H groups in total. The Kier molecular flexibility index (Phi) is 2.56. The Labute approximate surface area is 92.1 Å². The molecular formula is C13H22O2. The Morgan fingerprint density at radius 1 is 1.13 bits per heavy atom. The molecule has 0 amide bonds. The highest BCUT2D eigenvalue weighted by Crippen LogP contribution is 2.54. The Bertz CT molecular complexity index is 254. The van der Waals surface area contributed by atoms with Crippen LogP contribution < -0.4 is 0 Å². The summed E-state index contributed by atoms with van der Waals surface area (Å²) < 4.78 is 0. The molecule has 86 valence electrons. The third-order valence-corrected chi connectivity index (χ3v) is 4.79. The molecule has 2 fully saturated rings. The van der Waals surface area contributed by atoms with E-state index in [4.69, 9.17) is 0 Å². The first-order valence-electron chi connectivity index (χ1n) is 6.20. The van der Waals surface area contributed by atoms with Gasteiger partial charge in [-0.15, -0.1) is 0 Å². The lowest BCUT2D eigenvalue weighted by Gasteiger charge is -2.48. The van der Waals surface area contributed by atoms with Gasteiger partial charge < -0.3 is 5.11 Å². The number of hydrogen-bond acceptors (Lipinski definition) is 1. The van der Waals surface area contributed by atoms with E-state index in [0.29, 0.717) is 11.3 Å². The summed E-state index contributed by atoms with van der Waals surface area (Å²) in [5, 5.41) is 9.37. The molecule has 0 aromatic rings. The van der Waals surface area contributed by atoms with Crippen LogP contribution in [0.4, 0.5) is 0 Å². The molecule has 2 rings (SSSR count). The number of carboxylic acids is 1. The van der Waals surface area contributed by atoms with Gasteiger partial charge in [0.2, 0.25) is 0 Å². The highest BCUT2D eigenvalue weighted by molar-refractivity contribution is 5.76. The summed E-state index contributed by atoms with van der Waals surface area (Å²) in [5.74, 6) is -0.0739. The standard InChI is InChI=1S/C13H22O2/c1-12(2)8-4-10(5-9-12)13(11(14)15)6-3-7-13/h10H,3-9H2,1-2H3,(H,14,15). The predicted molar refractivity (Wildman–Crippen MR) is 59.7 cm³/mol. The van der Waals surface area contributed by atoms with Gasteiger partial charge >= 0.3 is 5.97 Å². The molecule has 0 spiro atoms. The highest BCUT2D eigenvalue weighted by atomic mass is 16.4. The van der Waals surface area contributed by atoms with Crippen molar-refractivity contribution in [1.82, 2.24) is 0 Å². The first-order valence-corrected chi connectivity index (χ1v) is 6.20. The monoisotopic (exact) mass is 210 g/mol. The number of carboxylic acid groups (broad SMARTS) is 1. The van der Waals surface area contributed by atoms with Crippen LogP contribution in [-0.2, 0) is 4.79 Å². The zero-order chi connectivity index (χ0) is 11.1. The lowest BCUT2D eigenvalue weighted by atomic mass is 9.55. The fourth-order valence-corrected chi connectivity index (χ4v) is 3.31. The lowest BCUT2D eigenvalue weighted by molar-refractivity contribution is -0.162. The molecule has 0 radical (unpaired) electrons. The predicted octanol–water partition coefficient (Wildman–Crippen LogP) is 3.46. The van der Waals surface area contributed by atoms with E-state index in [1.807, 2.05) is 0 Å². The normalized spacial score (nSPS) is 29.5. The molecule has 0 aliphatic heterocycles. The van der Waals surface area contributed by atoms with Crippen molar-refractivity contribution in [2.45, 2.75) is 58.8 Å². The van der Waals surface area contributed by atoms with Crippen LogP contribution in [0.25, 0.3) is 0 Å². The molecule has 0 atom stereocenters. The second-order valence-electron chi connectivity index (χ2n) is 6.25. The summed E-state index contributed by atoms with van der Waals surface area (Å²) in [5.41, 5.74) is 0.121. The Hall–Kier alpha value is -0.530. The van der Waals surface area contributed by atoms with Crippen molar-refractivity contribution in [2.24, 2.45) is 16.7 Å². The van der Waals surface area contributed by atoms with Crippen molar-refractivity contribution in [3.8, 4) is 0 Å². The third kappa shape index (κ3) is 1.79. The van der Waals surface area contributed by atoms with E-state index in [2.05, 4.69) is 13.8 Å². The van der Waals surface area contributed by atoms with E-state index in [-0.39, 0.29) is 5.41 Å². The minimum Gasteiger partial charge on any atom is -0.481 e. The fraction of sp³-hybridized carbons (Fsp3) is 0.923. The molecule has 2 aliphatic rings. The fourth-order valence-electron chi connectivity index (χ4n) is 3.31. The van der Waals surface area contributed by atoms with E-state index in [0.717, 1.165) is 32.1 Å². The summed E-state index contributed by atoms with van der Waals surface area (Å²) in [6, 6.07) is 0. The van der Waals surface area contributed by atoms with Gasteiger partial charge in [-0.05, 0) is 49.9 Å². The Morgan fingerprint density at radius 2 is 1.67 bits per heavy atom. The van der Waals surface area contributed by atoms with Gasteiger partial charge in [0.1, 0.15) is 0 Å². The van der Waals surface area contributed by atoms with Crippen LogP contribution in [0.3, 0.4) is 0 Å². The van der Waals surface area contributed by atoms with Gasteiger partial charge in [0.05, 0.1) is 5.41 Å². The quantitative estimate of drug-likeness (QED) is 0.758. The van der Waals surface area contributed by atoms with Gasteiger partial charge in [-0.25, -0.2) is 0 Å². The average molecular weight is 210 g/mol. The number of hydrogen-bond donors (Lipinski definition) is 1. The van der Waals surface area contributed by atoms with Crippen molar-refractivity contribution < 1.29 is 9.90 Å². The summed E-state index contributed by atoms with van der Waals surface area (Å²) in [4.78, 5) is 11.4. The molecule has 2 aliphatic carbocycles. The Morgan fingerprint density at radius 3 is 2.00 bits per heavy atom. The molecule has 0 unspecified atom stereocenters. The minimum absolute atomic E-state index is 0.323. The summed E-state index contributed by atoms with van der Waals surface area (Å²) >= 11 is 0. The first-order chi connectivity index (χ1) is 6.96. The van der Waals surface area contributed by atoms with Gasteiger partial charge in [0, 0.05) is 0 Å². The second-order valence-corrected chi connectivity index (χ2v) is 6.25. The van der Waals surface area contributed by atoms with E-state index < -0.39 is 5.97 Å². The third-order valence-electron chi connectivity index (χ3n) is 4.79. The van der Waals surface area contributed by atoms with E-state index >= 15 is 0 Å². The molecular weight excluding hydrogens is 188 g/mol. The van der Waals surface area contributed by atoms with Crippen molar-refractivity contribution in [3.63, 3.8) is 0 Å². The van der Waals surface area contributed by atoms with Crippen LogP contribution in [0.15, 0.2) is 0 Å². The topological polar surface area (TPSA) is 37.3 Å². The molecule has 2 saturated carbocycles. The molecule has 2 nitrogen and oxygen atoms in total. The van der Waals surface area contributed by atoms with Crippen molar-refractivity contribution >= 4 is 5.97 Å². The van der Waals surface area contributed by atoms with Crippen LogP contribution in [0.2, 0.25) is 0 Å². The molecule has 0 aromatic heterocycles. The lowest BCUT2D eigenvalue weighted by Crippen LogP contribution is -2.46. The van der Waals surface area contributed by atoms with E-state index in [1.54, 1.807) is 0 Å². The maximum Gasteiger partial charge on any atom is 0.309 e. The summed E-state index contributed by atoms with van der Waals surface area (Å²) in [7, 11) is 0. The second kappa shape index (κ2) is 3.50. The van der Waals surface area contributed by atoms with Crippen LogP contribution in [0.1, 0.15) is 58.8 Å². The van der Waals surface area contributed by atoms with Gasteiger partial charge in [-0.2, -0.15) is 0 Å². The van der Waals surface area contributed by atoms with Gasteiger partial charge in [-0.1, -0.05) is 20.3 Å². The summed E-state index contributed by atoms with van der Waals surface area (Å²) in [6.07, 6.45) is 7.62. The van der Waals surface area contributed by atoms with Gasteiger partial charge in [0.15, 0.2) is 0 Å². The molecule has 15 heavy (non-hydrogen) atoms. The van der Waals surface area contributed by atoms with E-state index in [9.17, 15) is 9.90 Å². The smallest absolute Gasteiger partial charge is 0.309 e. The van der Waals surface area contributed by atoms with Gasteiger partial charge in [0.25, 0.3) is 0 Å². The van der Waals surface area contributed by atoms with E-state index in [1.165, 1.54) is 12.8 Å². The number of aliphatic carboxylic acids is 1. The largest absolute Gasteiger partial charge is 0.481 e. The Balaban J connectivity index is 2.03. The van der Waals surface area contributed by atoms with Crippen LogP contribution in [-0.4, -0.2) is 11.1 Å². The molecule has 2 heteroatoms. The molecule has 0 aromatic carbocycles.